The first-order valence-electron chi connectivity index (χ1n) is 20.7. The third-order valence-electron chi connectivity index (χ3n) is 11.3. The summed E-state index contributed by atoms with van der Waals surface area (Å²) in [5.74, 6) is 6.90. The van der Waals surface area contributed by atoms with E-state index in [-0.39, 0.29) is 37.7 Å². The maximum Gasteiger partial charge on any atom is 0.249 e. The Hall–Kier alpha value is -6.10. The van der Waals surface area contributed by atoms with Gasteiger partial charge in [-0.15, -0.1) is 0 Å². The van der Waals surface area contributed by atoms with E-state index < -0.39 is 11.9 Å². The molecular formula is C47H54N6O7. The Kier molecular flexibility index (Phi) is 15.4. The molecule has 4 amide bonds. The summed E-state index contributed by atoms with van der Waals surface area (Å²) in [5, 5.41) is 13.9. The molecular weight excluding hydrogens is 761 g/mol. The molecule has 1 atom stereocenters. The van der Waals surface area contributed by atoms with Crippen molar-refractivity contribution < 1.29 is 33.8 Å². The number of carbonyl (C=O) groups excluding carboxylic acids is 4. The van der Waals surface area contributed by atoms with Crippen LogP contribution in [0.5, 0.6) is 11.6 Å². The molecule has 60 heavy (non-hydrogen) atoms. The van der Waals surface area contributed by atoms with E-state index in [9.17, 15) is 24.3 Å². The number of imide groups is 2. The molecule has 3 fully saturated rings. The smallest absolute Gasteiger partial charge is 0.249 e. The minimum Gasteiger partial charge on any atom is -0.481 e. The summed E-state index contributed by atoms with van der Waals surface area (Å²) in [7, 11) is 2.10. The van der Waals surface area contributed by atoms with Gasteiger partial charge in [-0.1, -0.05) is 30.0 Å². The van der Waals surface area contributed by atoms with Crippen molar-refractivity contribution in [3.8, 4) is 34.6 Å². The molecule has 3 aromatic heterocycles. The van der Waals surface area contributed by atoms with Crippen molar-refractivity contribution in [1.29, 1.82) is 0 Å². The van der Waals surface area contributed by atoms with Crippen molar-refractivity contribution in [3.05, 3.63) is 84.3 Å². The second-order valence-corrected chi connectivity index (χ2v) is 15.4. The summed E-state index contributed by atoms with van der Waals surface area (Å²) in [5.41, 5.74) is 7.20. The van der Waals surface area contributed by atoms with Crippen molar-refractivity contribution in [1.82, 2.24) is 29.7 Å². The number of likely N-dealkylation sites (tertiary alicyclic amines) is 1. The second-order valence-electron chi connectivity index (χ2n) is 15.4. The Balaban J connectivity index is 0.000000159. The fourth-order valence-electron chi connectivity index (χ4n) is 7.25. The number of aromatic nitrogens is 3. The molecule has 1 saturated carbocycles. The van der Waals surface area contributed by atoms with E-state index in [0.717, 1.165) is 80.9 Å². The molecule has 1 aliphatic carbocycles. The molecule has 13 heteroatoms. The largest absolute Gasteiger partial charge is 0.481 e. The maximum absolute atomic E-state index is 11.1. The Morgan fingerprint density at radius 3 is 2.35 bits per heavy atom. The van der Waals surface area contributed by atoms with Crippen LogP contribution in [0.4, 0.5) is 0 Å². The van der Waals surface area contributed by atoms with Gasteiger partial charge in [-0.3, -0.25) is 34.4 Å². The fourth-order valence-corrected chi connectivity index (χ4v) is 7.25. The lowest BCUT2D eigenvalue weighted by molar-refractivity contribution is -0.145. The first-order valence-corrected chi connectivity index (χ1v) is 20.7. The number of hydrogen-bond acceptors (Lipinski definition) is 10. The lowest BCUT2D eigenvalue weighted by atomic mass is 9.96. The van der Waals surface area contributed by atoms with Crippen LogP contribution in [0.3, 0.4) is 0 Å². The van der Waals surface area contributed by atoms with E-state index in [1.54, 1.807) is 0 Å². The van der Waals surface area contributed by atoms with E-state index >= 15 is 0 Å². The lowest BCUT2D eigenvalue weighted by Gasteiger charge is -2.29. The van der Waals surface area contributed by atoms with Gasteiger partial charge in [-0.2, -0.15) is 0 Å². The highest BCUT2D eigenvalue weighted by atomic mass is 16.5. The zero-order valence-corrected chi connectivity index (χ0v) is 34.6. The van der Waals surface area contributed by atoms with Crippen LogP contribution in [0.15, 0.2) is 73.2 Å². The molecule has 8 rings (SSSR count). The van der Waals surface area contributed by atoms with Crippen LogP contribution in [0.2, 0.25) is 0 Å². The number of piperidine rings is 2. The average molecular weight is 815 g/mol. The number of unbranched alkanes of at least 4 members (excludes halogenated alkanes) is 1. The summed E-state index contributed by atoms with van der Waals surface area (Å²) in [6, 6.07) is 18.0. The molecule has 2 saturated heterocycles. The second kappa shape index (κ2) is 21.2. The Morgan fingerprint density at radius 2 is 1.67 bits per heavy atom. The van der Waals surface area contributed by atoms with Crippen molar-refractivity contribution in [3.63, 3.8) is 0 Å². The maximum atomic E-state index is 11.1. The van der Waals surface area contributed by atoms with Crippen LogP contribution in [0.25, 0.3) is 32.9 Å². The minimum absolute atomic E-state index is 0.0846. The molecule has 0 bridgehead atoms. The number of pyridine rings is 2. The highest BCUT2D eigenvalue weighted by Gasteiger charge is 2.30. The van der Waals surface area contributed by atoms with E-state index in [0.29, 0.717) is 17.6 Å². The number of benzene rings is 2. The molecule has 2 N–H and O–H groups in total. The monoisotopic (exact) mass is 814 g/mol. The molecule has 13 nitrogen and oxygen atoms in total. The summed E-state index contributed by atoms with van der Waals surface area (Å²) in [6.45, 7) is 7.77. The van der Waals surface area contributed by atoms with Gasteiger partial charge in [0.05, 0.1) is 11.6 Å². The van der Waals surface area contributed by atoms with Crippen molar-refractivity contribution in [2.75, 3.05) is 26.2 Å². The van der Waals surface area contributed by atoms with Gasteiger partial charge in [0.25, 0.3) is 0 Å². The summed E-state index contributed by atoms with van der Waals surface area (Å²) in [6.07, 6.45) is 14.2. The van der Waals surface area contributed by atoms with Gasteiger partial charge >= 0.3 is 0 Å². The normalized spacial score (nSPS) is 16.8. The predicted octanol–water partition coefficient (Wildman–Crippen LogP) is 6.05. The number of nitrogens with zero attached hydrogens (tertiary/aromatic N) is 5. The lowest BCUT2D eigenvalue weighted by Crippen LogP contribution is -2.51. The first-order chi connectivity index (χ1) is 29.1. The highest BCUT2D eigenvalue weighted by Crippen LogP contribution is 2.32. The number of nitrogens with one attached hydrogen (secondary N) is 1. The quantitative estimate of drug-likeness (QED) is 0.0697. The van der Waals surface area contributed by atoms with E-state index in [1.807, 2.05) is 36.0 Å². The van der Waals surface area contributed by atoms with Gasteiger partial charge in [0.1, 0.15) is 24.5 Å². The van der Waals surface area contributed by atoms with Crippen LogP contribution in [0, 0.1) is 25.7 Å². The number of aliphatic hydroxyl groups is 1. The van der Waals surface area contributed by atoms with Crippen LogP contribution < -0.4 is 14.8 Å². The highest BCUT2D eigenvalue weighted by molar-refractivity contribution is 6.08. The van der Waals surface area contributed by atoms with Gasteiger partial charge in [0.15, 0.2) is 0 Å². The number of fused-ring (bicyclic) bond motifs is 3. The number of amides is 4. The predicted molar refractivity (Wildman–Crippen MR) is 230 cm³/mol. The van der Waals surface area contributed by atoms with Crippen LogP contribution in [-0.2, 0) is 26.2 Å². The number of aliphatic hydroxyl groups excluding tert-OH is 1. The van der Waals surface area contributed by atoms with Crippen LogP contribution in [-0.4, -0.2) is 98.6 Å². The van der Waals surface area contributed by atoms with Crippen LogP contribution in [0.1, 0.15) is 68.9 Å². The summed E-state index contributed by atoms with van der Waals surface area (Å²) >= 11 is 0. The van der Waals surface area contributed by atoms with Gasteiger partial charge in [-0.05, 0) is 112 Å². The molecule has 2 aliphatic heterocycles. The van der Waals surface area contributed by atoms with Gasteiger partial charge in [-0.25, -0.2) is 4.98 Å². The van der Waals surface area contributed by atoms with Crippen LogP contribution >= 0.6 is 0 Å². The number of hydrogen-bond donors (Lipinski definition) is 2. The zero-order chi connectivity index (χ0) is 42.4. The molecule has 5 heterocycles. The molecule has 314 valence electrons. The summed E-state index contributed by atoms with van der Waals surface area (Å²) in [4.78, 5) is 54.2. The van der Waals surface area contributed by atoms with Crippen molar-refractivity contribution in [2.24, 2.45) is 7.05 Å². The van der Waals surface area contributed by atoms with Crippen molar-refractivity contribution >= 4 is 46.4 Å². The Labute approximate surface area is 351 Å². The van der Waals surface area contributed by atoms with Gasteiger partial charge < -0.3 is 24.0 Å². The molecule has 1 unspecified atom stereocenters. The molecule has 3 aliphatic rings. The summed E-state index contributed by atoms with van der Waals surface area (Å²) < 4.78 is 13.7. The minimum atomic E-state index is -0.840. The van der Waals surface area contributed by atoms with Crippen molar-refractivity contribution in [2.45, 2.75) is 89.9 Å². The van der Waals surface area contributed by atoms with Gasteiger partial charge in [0, 0.05) is 79.5 Å². The third kappa shape index (κ3) is 11.5. The third-order valence-corrected chi connectivity index (χ3v) is 11.3. The average Bonchev–Trinajstić information content (AvgIpc) is 3.53. The molecule has 2 aromatic carbocycles. The zero-order valence-electron chi connectivity index (χ0n) is 34.6. The SMILES string of the molecule is Cc1ccc(OCC#CCCCN2CCC(O)CC2)cc1C.Cn1c2ccncc2c2ccc(-c3ccc(OC4CCC4)nc3)cc21.O=CN(C=O)C1CCC(=O)NC1=O. The Bertz CT molecular complexity index is 2310. The molecule has 0 spiro atoms. The number of ether oxygens (including phenoxy) is 2. The molecule has 0 radical (unpaired) electrons. The topological polar surface area (TPSA) is 156 Å². The standard InChI is InChI=1S/C21H19N3O.C19H27NO2.C7H8N2O4/c1-24-19-9-10-22-13-18(19)17-7-5-14(11-20(17)24)15-6-8-21(23-12-15)25-16-3-2-4-16;1-16-7-8-19(15-17(16)2)22-14-6-4-3-5-11-20-12-9-18(21)10-13-20;10-3-9(4-11)5-1-2-6(12)8-7(5)13/h5-13,16H,2-4H2,1H3;7-8,15,18,21H,3,5,9-14H2,1-2H3;3-5H,1-2H2,(H,8,12,13). The number of carbonyl (C=O) groups is 4. The molecule has 5 aromatic rings. The Morgan fingerprint density at radius 1 is 0.883 bits per heavy atom. The number of rotatable bonds is 11. The van der Waals surface area contributed by atoms with E-state index in [2.05, 4.69) is 94.6 Å². The fraction of sp³-hybridized carbons (Fsp3) is 0.404. The van der Waals surface area contributed by atoms with E-state index in [4.69, 9.17) is 9.47 Å². The first kappa shape index (κ1) is 43.5. The number of aryl methyl sites for hydroxylation is 3. The van der Waals surface area contributed by atoms with Gasteiger partial charge in [0.2, 0.25) is 30.5 Å². The van der Waals surface area contributed by atoms with E-state index in [1.165, 1.54) is 39.4 Å².